The first-order valence-electron chi connectivity index (χ1n) is 15.7. The summed E-state index contributed by atoms with van der Waals surface area (Å²) in [7, 11) is -2.67. The van der Waals surface area contributed by atoms with Crippen molar-refractivity contribution in [2.45, 2.75) is 96.0 Å². The number of carbonyl (C=O) groups excluding carboxylic acids is 1. The number of benzene rings is 2. The van der Waals surface area contributed by atoms with Crippen molar-refractivity contribution < 1.29 is 28.6 Å². The molecule has 6 nitrogen and oxygen atoms in total. The first-order chi connectivity index (χ1) is 21.2. The van der Waals surface area contributed by atoms with Gasteiger partial charge in [-0.15, -0.1) is 0 Å². The highest BCUT2D eigenvalue weighted by atomic mass is 28.4. The third kappa shape index (κ3) is 10.2. The van der Waals surface area contributed by atoms with Crippen LogP contribution in [0.2, 0.25) is 5.04 Å². The summed E-state index contributed by atoms with van der Waals surface area (Å²) >= 11 is 0. The van der Waals surface area contributed by atoms with Crippen LogP contribution in [-0.2, 0) is 18.7 Å². The molecule has 1 saturated heterocycles. The average molecular weight is 617 g/mol. The molecule has 44 heavy (non-hydrogen) atoms. The summed E-state index contributed by atoms with van der Waals surface area (Å²) in [5.41, 5.74) is 0. The van der Waals surface area contributed by atoms with E-state index in [1.54, 1.807) is 6.08 Å². The van der Waals surface area contributed by atoms with E-state index in [1.165, 1.54) is 16.8 Å². The first-order valence-corrected chi connectivity index (χ1v) is 17.6. The van der Waals surface area contributed by atoms with E-state index in [0.717, 1.165) is 19.3 Å². The Morgan fingerprint density at radius 3 is 2.05 bits per heavy atom. The van der Waals surface area contributed by atoms with Crippen molar-refractivity contribution >= 4 is 30.8 Å². The second kappa shape index (κ2) is 17.6. The number of carbonyl (C=O) groups is 2. The Kier molecular flexibility index (Phi) is 13.9. The van der Waals surface area contributed by atoms with Gasteiger partial charge in [-0.05, 0) is 40.8 Å². The van der Waals surface area contributed by atoms with Crippen LogP contribution in [0.1, 0.15) is 72.6 Å². The molecule has 0 radical (unpaired) electrons. The lowest BCUT2D eigenvalue weighted by atomic mass is 10.1. The van der Waals surface area contributed by atoms with Crippen molar-refractivity contribution in [3.63, 3.8) is 0 Å². The Hall–Kier alpha value is -3.68. The van der Waals surface area contributed by atoms with Gasteiger partial charge in [-0.1, -0.05) is 150 Å². The van der Waals surface area contributed by atoms with E-state index >= 15 is 0 Å². The van der Waals surface area contributed by atoms with Crippen LogP contribution in [0, 0.1) is 0 Å². The molecule has 1 heterocycles. The number of cyclic esters (lactones) is 2. The van der Waals surface area contributed by atoms with E-state index in [9.17, 15) is 9.59 Å². The Balaban J connectivity index is 1.73. The highest BCUT2D eigenvalue weighted by Crippen LogP contribution is 2.38. The van der Waals surface area contributed by atoms with Crippen molar-refractivity contribution in [1.29, 1.82) is 0 Å². The molecule has 0 aromatic heterocycles. The number of unbranched alkanes of at least 4 members (excludes halogenated alkanes) is 2. The highest BCUT2D eigenvalue weighted by molar-refractivity contribution is 6.99. The molecule has 0 amide bonds. The molecule has 7 heteroatoms. The average Bonchev–Trinajstić information content (AvgIpc) is 3.35. The first kappa shape index (κ1) is 34.8. The summed E-state index contributed by atoms with van der Waals surface area (Å²) in [5.74, 6) is -0.868. The van der Waals surface area contributed by atoms with Gasteiger partial charge in [0.05, 0.1) is 6.10 Å². The predicted molar refractivity (Wildman–Crippen MR) is 180 cm³/mol. The van der Waals surface area contributed by atoms with Gasteiger partial charge in [0.15, 0.2) is 6.10 Å². The molecule has 2 aromatic rings. The molecule has 1 fully saturated rings. The van der Waals surface area contributed by atoms with Crippen LogP contribution < -0.4 is 10.4 Å². The fraction of sp³-hybridized carbons (Fsp3) is 0.405. The van der Waals surface area contributed by atoms with Gasteiger partial charge in [0, 0.05) is 6.42 Å². The minimum Gasteiger partial charge on any atom is -0.481 e. The number of ether oxygens (including phenoxy) is 2. The van der Waals surface area contributed by atoms with Gasteiger partial charge in [0.1, 0.15) is 6.10 Å². The number of rotatable bonds is 17. The predicted octanol–water partition coefficient (Wildman–Crippen LogP) is 7.90. The number of carboxylic acids is 1. The quantitative estimate of drug-likeness (QED) is 0.0842. The maximum Gasteiger partial charge on any atom is 0.509 e. The highest BCUT2D eigenvalue weighted by Gasteiger charge is 2.51. The Morgan fingerprint density at radius 1 is 0.886 bits per heavy atom. The minimum absolute atomic E-state index is 0.0310. The van der Waals surface area contributed by atoms with E-state index in [2.05, 4.69) is 101 Å². The van der Waals surface area contributed by atoms with Gasteiger partial charge in [0.25, 0.3) is 8.32 Å². The van der Waals surface area contributed by atoms with Gasteiger partial charge in [-0.25, -0.2) is 4.79 Å². The van der Waals surface area contributed by atoms with Crippen LogP contribution in [0.3, 0.4) is 0 Å². The maximum absolute atomic E-state index is 11.6. The largest absolute Gasteiger partial charge is 0.509 e. The number of aliphatic carboxylic acids is 1. The summed E-state index contributed by atoms with van der Waals surface area (Å²) < 4.78 is 17.8. The van der Waals surface area contributed by atoms with Crippen LogP contribution in [0.15, 0.2) is 109 Å². The van der Waals surface area contributed by atoms with E-state index in [-0.39, 0.29) is 17.6 Å². The third-order valence-corrected chi connectivity index (χ3v) is 12.8. The van der Waals surface area contributed by atoms with Crippen LogP contribution in [0.5, 0.6) is 0 Å². The fourth-order valence-corrected chi connectivity index (χ4v) is 10.2. The lowest BCUT2D eigenvalue weighted by Crippen LogP contribution is -2.67. The van der Waals surface area contributed by atoms with Crippen molar-refractivity contribution in [1.82, 2.24) is 0 Å². The van der Waals surface area contributed by atoms with Crippen LogP contribution in [-0.4, -0.2) is 43.9 Å². The molecule has 1 aliphatic heterocycles. The van der Waals surface area contributed by atoms with Crippen molar-refractivity contribution in [3.8, 4) is 0 Å². The molecule has 2 aromatic carbocycles. The zero-order valence-electron chi connectivity index (χ0n) is 26.6. The number of allylic oxidation sites excluding steroid dienone is 6. The van der Waals surface area contributed by atoms with Crippen LogP contribution in [0.4, 0.5) is 4.79 Å². The standard InChI is InChI=1S/C37H48O6Si/c1-5-6-13-21-30(43-44(37(2,3)4,31-23-15-11-16-24-31)32-25-17-12-18-26-32)22-14-9-7-8-10-19-27-33-34(42-36(40)41-33)28-20-29-35(38)39/h7-12,14-19,22-27,30,33-34H,5-6,13,20-21,28-29H2,1-4H3,(H,38,39)/b9-7-,10-8+,22-14+,27-19+/t30-,33+,34-/m0/s1. The molecular weight excluding hydrogens is 568 g/mol. The van der Waals surface area contributed by atoms with Crippen LogP contribution >= 0.6 is 0 Å². The molecule has 0 spiro atoms. The smallest absolute Gasteiger partial charge is 0.481 e. The molecule has 3 atom stereocenters. The zero-order valence-corrected chi connectivity index (χ0v) is 27.6. The molecule has 236 valence electrons. The molecule has 0 saturated carbocycles. The summed E-state index contributed by atoms with van der Waals surface area (Å²) in [5, 5.41) is 11.3. The lowest BCUT2D eigenvalue weighted by molar-refractivity contribution is -0.137. The van der Waals surface area contributed by atoms with E-state index in [0.29, 0.717) is 12.8 Å². The number of carboxylic acid groups (broad SMARTS) is 1. The summed E-state index contributed by atoms with van der Waals surface area (Å²) in [6.07, 6.45) is 19.1. The van der Waals surface area contributed by atoms with Gasteiger partial charge in [-0.2, -0.15) is 0 Å². The molecular formula is C37H48O6Si. The number of hydrogen-bond acceptors (Lipinski definition) is 5. The van der Waals surface area contributed by atoms with Gasteiger partial charge in [-0.3, -0.25) is 4.79 Å². The van der Waals surface area contributed by atoms with Crippen molar-refractivity contribution in [2.75, 3.05) is 0 Å². The Bertz CT molecular complexity index is 1240. The summed E-state index contributed by atoms with van der Waals surface area (Å²) in [6, 6.07) is 21.5. The second-order valence-corrected chi connectivity index (χ2v) is 16.4. The Labute approximate surface area is 264 Å². The zero-order chi connectivity index (χ0) is 31.8. The monoisotopic (exact) mass is 616 g/mol. The Morgan fingerprint density at radius 2 is 1.48 bits per heavy atom. The molecule has 1 aliphatic rings. The maximum atomic E-state index is 11.6. The van der Waals surface area contributed by atoms with Gasteiger partial charge in [0.2, 0.25) is 0 Å². The van der Waals surface area contributed by atoms with Crippen molar-refractivity contribution in [2.24, 2.45) is 0 Å². The molecule has 3 rings (SSSR count). The van der Waals surface area contributed by atoms with E-state index in [4.69, 9.17) is 19.0 Å². The lowest BCUT2D eigenvalue weighted by Gasteiger charge is -2.45. The van der Waals surface area contributed by atoms with Gasteiger partial charge >= 0.3 is 12.1 Å². The number of hydrogen-bond donors (Lipinski definition) is 1. The second-order valence-electron chi connectivity index (χ2n) is 12.1. The van der Waals surface area contributed by atoms with E-state index in [1.807, 2.05) is 30.4 Å². The topological polar surface area (TPSA) is 82.1 Å². The molecule has 0 aliphatic carbocycles. The normalized spacial score (nSPS) is 18.4. The fourth-order valence-electron chi connectivity index (χ4n) is 5.57. The van der Waals surface area contributed by atoms with Crippen LogP contribution in [0.25, 0.3) is 0 Å². The molecule has 1 N–H and O–H groups in total. The SMILES string of the molecule is CCCCC[C@@H](/C=C/C=C\C=C\C=C\[C@H]1OC(=O)O[C@H]1CCCC(=O)O)O[Si](c1ccccc1)(c1ccccc1)C(C)(C)C. The molecule has 0 unspecified atom stereocenters. The minimum atomic E-state index is -2.67. The van der Waals surface area contributed by atoms with Crippen molar-refractivity contribution in [3.05, 3.63) is 109 Å². The van der Waals surface area contributed by atoms with E-state index < -0.39 is 32.6 Å². The van der Waals surface area contributed by atoms with Gasteiger partial charge < -0.3 is 19.0 Å². The third-order valence-electron chi connectivity index (χ3n) is 7.74. The molecule has 0 bridgehead atoms. The summed E-state index contributed by atoms with van der Waals surface area (Å²) in [4.78, 5) is 22.3. The summed E-state index contributed by atoms with van der Waals surface area (Å²) in [6.45, 7) is 9.14.